The van der Waals surface area contributed by atoms with E-state index in [0.717, 1.165) is 36.5 Å². The molecule has 36 heavy (non-hydrogen) atoms. The van der Waals surface area contributed by atoms with Gasteiger partial charge in [-0.2, -0.15) is 5.26 Å². The highest BCUT2D eigenvalue weighted by Gasteiger charge is 2.22. The summed E-state index contributed by atoms with van der Waals surface area (Å²) in [7, 11) is 0. The van der Waals surface area contributed by atoms with E-state index in [1.54, 1.807) is 48.5 Å². The van der Waals surface area contributed by atoms with Crippen LogP contribution >= 0.6 is 0 Å². The zero-order chi connectivity index (χ0) is 25.8. The highest BCUT2D eigenvalue weighted by Crippen LogP contribution is 2.41. The molecular formula is C30H29NO5. The van der Waals surface area contributed by atoms with Crippen LogP contribution in [0.5, 0.6) is 17.2 Å². The van der Waals surface area contributed by atoms with Gasteiger partial charge in [0.1, 0.15) is 0 Å². The third-order valence-electron chi connectivity index (χ3n) is 5.50. The lowest BCUT2D eigenvalue weighted by Crippen LogP contribution is -2.13. The molecule has 0 aliphatic heterocycles. The lowest BCUT2D eigenvalue weighted by molar-refractivity contribution is -0.129. The van der Waals surface area contributed by atoms with Crippen LogP contribution in [0, 0.1) is 11.3 Å². The van der Waals surface area contributed by atoms with E-state index in [2.05, 4.69) is 19.6 Å². The highest BCUT2D eigenvalue weighted by atomic mass is 16.6. The summed E-state index contributed by atoms with van der Waals surface area (Å²) in [5, 5.41) is 9.04. The molecule has 0 saturated carbocycles. The maximum absolute atomic E-state index is 13.0. The Morgan fingerprint density at radius 2 is 1.67 bits per heavy atom. The molecule has 6 heteroatoms. The van der Waals surface area contributed by atoms with Gasteiger partial charge >= 0.3 is 11.9 Å². The maximum Gasteiger partial charge on any atom is 0.343 e. The second-order valence-electron chi connectivity index (χ2n) is 8.13. The number of rotatable bonds is 12. The summed E-state index contributed by atoms with van der Waals surface area (Å²) in [6, 6.07) is 21.5. The van der Waals surface area contributed by atoms with Gasteiger partial charge in [-0.1, -0.05) is 62.7 Å². The number of benzene rings is 3. The van der Waals surface area contributed by atoms with Crippen LogP contribution in [0.2, 0.25) is 0 Å². The van der Waals surface area contributed by atoms with Gasteiger partial charge in [-0.3, -0.25) is 0 Å². The SMILES string of the molecule is C=CC(=O)Oc1ccc(CCc2ccc(C#N)cc2)c(OC(=O)c2ccccc2)c1OCCCCC. The summed E-state index contributed by atoms with van der Waals surface area (Å²) in [6.45, 7) is 5.92. The van der Waals surface area contributed by atoms with Crippen molar-refractivity contribution < 1.29 is 23.8 Å². The van der Waals surface area contributed by atoms with Crippen LogP contribution in [0.4, 0.5) is 0 Å². The van der Waals surface area contributed by atoms with E-state index in [9.17, 15) is 9.59 Å². The number of hydrogen-bond donors (Lipinski definition) is 0. The fourth-order valence-corrected chi connectivity index (χ4v) is 3.54. The van der Waals surface area contributed by atoms with Crippen molar-refractivity contribution in [3.8, 4) is 23.3 Å². The van der Waals surface area contributed by atoms with Gasteiger partial charge in [0.05, 0.1) is 23.8 Å². The number of unbranched alkanes of at least 4 members (excludes halogenated alkanes) is 2. The molecule has 0 N–H and O–H groups in total. The summed E-state index contributed by atoms with van der Waals surface area (Å²) in [6.07, 6.45) is 5.02. The van der Waals surface area contributed by atoms with Crippen molar-refractivity contribution in [3.63, 3.8) is 0 Å². The van der Waals surface area contributed by atoms with Crippen molar-refractivity contribution in [2.75, 3.05) is 6.61 Å². The quantitative estimate of drug-likeness (QED) is 0.132. The van der Waals surface area contributed by atoms with E-state index in [1.165, 1.54) is 0 Å². The molecule has 3 aromatic rings. The molecule has 6 nitrogen and oxygen atoms in total. The topological polar surface area (TPSA) is 85.6 Å². The summed E-state index contributed by atoms with van der Waals surface area (Å²) >= 11 is 0. The molecule has 0 aliphatic carbocycles. The molecule has 0 saturated heterocycles. The molecular weight excluding hydrogens is 454 g/mol. The molecule has 3 rings (SSSR count). The van der Waals surface area contributed by atoms with Crippen molar-refractivity contribution in [2.24, 2.45) is 0 Å². The van der Waals surface area contributed by atoms with Crippen LogP contribution in [-0.2, 0) is 17.6 Å². The first-order valence-electron chi connectivity index (χ1n) is 11.9. The van der Waals surface area contributed by atoms with Crippen LogP contribution < -0.4 is 14.2 Å². The van der Waals surface area contributed by atoms with E-state index in [-0.39, 0.29) is 17.2 Å². The molecule has 3 aromatic carbocycles. The molecule has 0 unspecified atom stereocenters. The zero-order valence-corrected chi connectivity index (χ0v) is 20.4. The maximum atomic E-state index is 13.0. The number of nitriles is 1. The van der Waals surface area contributed by atoms with E-state index < -0.39 is 11.9 Å². The smallest absolute Gasteiger partial charge is 0.343 e. The fourth-order valence-electron chi connectivity index (χ4n) is 3.54. The van der Waals surface area contributed by atoms with E-state index in [0.29, 0.717) is 30.6 Å². The molecule has 0 amide bonds. The van der Waals surface area contributed by atoms with Gasteiger partial charge in [-0.05, 0) is 60.7 Å². The van der Waals surface area contributed by atoms with E-state index in [4.69, 9.17) is 19.5 Å². The predicted molar refractivity (Wildman–Crippen MR) is 137 cm³/mol. The lowest BCUT2D eigenvalue weighted by Gasteiger charge is -2.18. The molecule has 0 atom stereocenters. The molecule has 0 heterocycles. The van der Waals surface area contributed by atoms with Gasteiger partial charge in [-0.25, -0.2) is 9.59 Å². The van der Waals surface area contributed by atoms with Gasteiger partial charge in [0.2, 0.25) is 5.75 Å². The number of carbonyl (C=O) groups is 2. The van der Waals surface area contributed by atoms with Gasteiger partial charge in [-0.15, -0.1) is 0 Å². The standard InChI is InChI=1S/C30H29NO5/c1-3-5-9-20-34-29-26(35-27(32)4-2)19-18-24(17-16-22-12-14-23(21-31)15-13-22)28(29)36-30(33)25-10-7-6-8-11-25/h4,6-8,10-15,18-19H,2-3,5,9,16-17,20H2,1H3. The Bertz CT molecular complexity index is 1230. The molecule has 0 aliphatic rings. The van der Waals surface area contributed by atoms with Crippen molar-refractivity contribution in [1.29, 1.82) is 5.26 Å². The van der Waals surface area contributed by atoms with Crippen molar-refractivity contribution in [2.45, 2.75) is 39.0 Å². The second-order valence-corrected chi connectivity index (χ2v) is 8.13. The third kappa shape index (κ3) is 7.31. The number of aryl methyl sites for hydroxylation is 2. The fraction of sp³-hybridized carbons (Fsp3) is 0.233. The van der Waals surface area contributed by atoms with Crippen LogP contribution in [0.1, 0.15) is 53.2 Å². The number of esters is 2. The van der Waals surface area contributed by atoms with E-state index >= 15 is 0 Å². The van der Waals surface area contributed by atoms with Gasteiger partial charge in [0.15, 0.2) is 11.5 Å². The zero-order valence-electron chi connectivity index (χ0n) is 20.4. The Balaban J connectivity index is 1.98. The Morgan fingerprint density at radius 3 is 2.33 bits per heavy atom. The molecule has 0 fully saturated rings. The monoisotopic (exact) mass is 483 g/mol. The van der Waals surface area contributed by atoms with Gasteiger partial charge in [0.25, 0.3) is 0 Å². The summed E-state index contributed by atoms with van der Waals surface area (Å²) in [5.74, 6) is -0.583. The van der Waals surface area contributed by atoms with Crippen LogP contribution in [0.3, 0.4) is 0 Å². The average molecular weight is 484 g/mol. The first kappa shape index (κ1) is 26.2. The third-order valence-corrected chi connectivity index (χ3v) is 5.50. The largest absolute Gasteiger partial charge is 0.486 e. The highest BCUT2D eigenvalue weighted by molar-refractivity contribution is 5.92. The first-order valence-corrected chi connectivity index (χ1v) is 11.9. The minimum absolute atomic E-state index is 0.161. The predicted octanol–water partition coefficient (Wildman–Crippen LogP) is 6.22. The van der Waals surface area contributed by atoms with Gasteiger partial charge < -0.3 is 14.2 Å². The van der Waals surface area contributed by atoms with Crippen molar-refractivity contribution in [1.82, 2.24) is 0 Å². The van der Waals surface area contributed by atoms with Crippen molar-refractivity contribution >= 4 is 11.9 Å². The molecule has 0 aromatic heterocycles. The lowest BCUT2D eigenvalue weighted by atomic mass is 10.0. The average Bonchev–Trinajstić information content (AvgIpc) is 2.92. The van der Waals surface area contributed by atoms with Crippen LogP contribution in [0.25, 0.3) is 0 Å². The van der Waals surface area contributed by atoms with Crippen molar-refractivity contribution in [3.05, 3.63) is 102 Å². The second kappa shape index (κ2) is 13.5. The molecule has 0 radical (unpaired) electrons. The molecule has 0 spiro atoms. The van der Waals surface area contributed by atoms with Gasteiger partial charge in [0, 0.05) is 6.08 Å². The number of ether oxygens (including phenoxy) is 3. The number of carbonyl (C=O) groups excluding carboxylic acids is 2. The first-order chi connectivity index (χ1) is 17.5. The van der Waals surface area contributed by atoms with E-state index in [1.807, 2.05) is 18.2 Å². The Labute approximate surface area is 211 Å². The Morgan fingerprint density at radius 1 is 0.917 bits per heavy atom. The minimum Gasteiger partial charge on any atom is -0.486 e. The normalized spacial score (nSPS) is 10.2. The molecule has 0 bridgehead atoms. The number of hydrogen-bond acceptors (Lipinski definition) is 6. The Hall–Kier alpha value is -4.37. The minimum atomic E-state index is -0.640. The molecule has 184 valence electrons. The Kier molecular flexibility index (Phi) is 9.84. The number of nitrogens with zero attached hydrogens (tertiary/aromatic N) is 1. The summed E-state index contributed by atoms with van der Waals surface area (Å²) in [4.78, 5) is 25.0. The summed E-state index contributed by atoms with van der Waals surface area (Å²) < 4.78 is 17.3. The summed E-state index contributed by atoms with van der Waals surface area (Å²) in [5.41, 5.74) is 2.74. The van der Waals surface area contributed by atoms with Crippen LogP contribution in [0.15, 0.2) is 79.4 Å². The van der Waals surface area contributed by atoms with Crippen LogP contribution in [-0.4, -0.2) is 18.5 Å².